The molecule has 0 aliphatic carbocycles. The van der Waals surface area contributed by atoms with Crippen LogP contribution in [0.1, 0.15) is 35.2 Å². The van der Waals surface area contributed by atoms with E-state index in [0.717, 1.165) is 13.0 Å². The van der Waals surface area contributed by atoms with E-state index < -0.39 is 0 Å². The smallest absolute Gasteiger partial charge is 0.0768 e. The lowest BCUT2D eigenvalue weighted by Gasteiger charge is -2.16. The van der Waals surface area contributed by atoms with Gasteiger partial charge in [-0.3, -0.25) is 0 Å². The third-order valence-corrected chi connectivity index (χ3v) is 5.42. The van der Waals surface area contributed by atoms with Crippen LogP contribution in [0.3, 0.4) is 0 Å². The van der Waals surface area contributed by atoms with Crippen LogP contribution in [0.4, 0.5) is 0 Å². The molecule has 0 aliphatic heterocycles. The first-order chi connectivity index (χ1) is 8.26. The fraction of sp³-hybridized carbons (Fsp3) is 0.385. The summed E-state index contributed by atoms with van der Waals surface area (Å²) in [5.41, 5.74) is 1.46. The van der Waals surface area contributed by atoms with Gasteiger partial charge in [-0.25, -0.2) is 0 Å². The van der Waals surface area contributed by atoms with E-state index in [4.69, 9.17) is 0 Å². The SMILES string of the molecule is CCNC(c1ccc(Br)s1)c1sccc1CC. The summed E-state index contributed by atoms with van der Waals surface area (Å²) in [5.74, 6) is 0. The summed E-state index contributed by atoms with van der Waals surface area (Å²) < 4.78 is 1.20. The Morgan fingerprint density at radius 2 is 2.12 bits per heavy atom. The molecule has 92 valence electrons. The molecule has 0 radical (unpaired) electrons. The normalized spacial score (nSPS) is 12.9. The van der Waals surface area contributed by atoms with Gasteiger partial charge in [-0.2, -0.15) is 0 Å². The maximum Gasteiger partial charge on any atom is 0.0768 e. The molecule has 4 heteroatoms. The number of hydrogen-bond donors (Lipinski definition) is 1. The number of thiophene rings is 2. The third kappa shape index (κ3) is 2.99. The molecule has 2 heterocycles. The quantitative estimate of drug-likeness (QED) is 0.828. The minimum atomic E-state index is 0.353. The zero-order valence-electron chi connectivity index (χ0n) is 10.00. The van der Waals surface area contributed by atoms with Crippen molar-refractivity contribution in [3.05, 3.63) is 42.7 Å². The molecule has 0 saturated heterocycles. The average Bonchev–Trinajstić information content (AvgIpc) is 2.94. The Kier molecular flexibility index (Phi) is 4.79. The molecule has 1 N–H and O–H groups in total. The Balaban J connectivity index is 2.35. The molecular formula is C13H16BrNS2. The topological polar surface area (TPSA) is 12.0 Å². The second-order valence-electron chi connectivity index (χ2n) is 3.80. The highest BCUT2D eigenvalue weighted by Crippen LogP contribution is 2.35. The van der Waals surface area contributed by atoms with E-state index in [1.54, 1.807) is 0 Å². The molecule has 0 amide bonds. The van der Waals surface area contributed by atoms with Gasteiger partial charge in [0.05, 0.1) is 9.83 Å². The minimum Gasteiger partial charge on any atom is -0.305 e. The highest BCUT2D eigenvalue weighted by Gasteiger charge is 2.18. The summed E-state index contributed by atoms with van der Waals surface area (Å²) in [7, 11) is 0. The van der Waals surface area contributed by atoms with Gasteiger partial charge in [0.1, 0.15) is 0 Å². The van der Waals surface area contributed by atoms with Crippen molar-refractivity contribution in [1.29, 1.82) is 0 Å². The molecule has 17 heavy (non-hydrogen) atoms. The Morgan fingerprint density at radius 1 is 1.29 bits per heavy atom. The molecule has 0 spiro atoms. The predicted octanol–water partition coefficient (Wildman–Crippen LogP) is 4.83. The zero-order chi connectivity index (χ0) is 12.3. The van der Waals surface area contributed by atoms with Crippen LogP contribution >= 0.6 is 38.6 Å². The summed E-state index contributed by atoms with van der Waals surface area (Å²) in [6, 6.07) is 6.93. The van der Waals surface area contributed by atoms with E-state index in [1.165, 1.54) is 19.1 Å². The lowest BCUT2D eigenvalue weighted by molar-refractivity contribution is 0.644. The first-order valence-corrected chi connectivity index (χ1v) is 8.30. The molecule has 2 aromatic rings. The molecule has 0 aromatic carbocycles. The molecule has 0 fully saturated rings. The molecule has 2 rings (SSSR count). The van der Waals surface area contributed by atoms with Crippen LogP contribution in [-0.4, -0.2) is 6.54 Å². The van der Waals surface area contributed by atoms with E-state index in [0.29, 0.717) is 6.04 Å². The van der Waals surface area contributed by atoms with E-state index in [-0.39, 0.29) is 0 Å². The Morgan fingerprint density at radius 3 is 2.71 bits per heavy atom. The van der Waals surface area contributed by atoms with Gasteiger partial charge < -0.3 is 5.32 Å². The molecule has 1 unspecified atom stereocenters. The van der Waals surface area contributed by atoms with Crippen molar-refractivity contribution in [2.75, 3.05) is 6.54 Å². The standard InChI is InChI=1S/C13H16BrNS2/c1-3-9-7-8-16-13(9)12(15-4-2)10-5-6-11(14)17-10/h5-8,12,15H,3-4H2,1-2H3. The molecule has 1 nitrogen and oxygen atoms in total. The number of nitrogens with one attached hydrogen (secondary N) is 1. The lowest BCUT2D eigenvalue weighted by Crippen LogP contribution is -2.21. The van der Waals surface area contributed by atoms with Gasteiger partial charge in [-0.15, -0.1) is 22.7 Å². The van der Waals surface area contributed by atoms with Gasteiger partial charge >= 0.3 is 0 Å². The van der Waals surface area contributed by atoms with Crippen LogP contribution in [0.5, 0.6) is 0 Å². The van der Waals surface area contributed by atoms with Gasteiger partial charge in [-0.1, -0.05) is 13.8 Å². The van der Waals surface area contributed by atoms with E-state index in [9.17, 15) is 0 Å². The number of hydrogen-bond acceptors (Lipinski definition) is 3. The van der Waals surface area contributed by atoms with Gasteiger partial charge in [0.15, 0.2) is 0 Å². The molecule has 0 saturated carbocycles. The van der Waals surface area contributed by atoms with Crippen LogP contribution in [0.2, 0.25) is 0 Å². The zero-order valence-corrected chi connectivity index (χ0v) is 13.2. The maximum absolute atomic E-state index is 3.59. The Bertz CT molecular complexity index is 475. The van der Waals surface area contributed by atoms with Crippen molar-refractivity contribution >= 4 is 38.6 Å². The summed E-state index contributed by atoms with van der Waals surface area (Å²) in [5, 5.41) is 5.78. The van der Waals surface area contributed by atoms with Crippen molar-refractivity contribution < 1.29 is 0 Å². The summed E-state index contributed by atoms with van der Waals surface area (Å²) in [6.07, 6.45) is 1.10. The number of rotatable bonds is 5. The Hall–Kier alpha value is -0.160. The molecular weight excluding hydrogens is 314 g/mol. The second-order valence-corrected chi connectivity index (χ2v) is 7.24. The van der Waals surface area contributed by atoms with Crippen molar-refractivity contribution in [3.8, 4) is 0 Å². The van der Waals surface area contributed by atoms with Crippen molar-refractivity contribution in [2.24, 2.45) is 0 Å². The van der Waals surface area contributed by atoms with E-state index in [1.807, 2.05) is 22.7 Å². The summed E-state index contributed by atoms with van der Waals surface area (Å²) >= 11 is 7.21. The van der Waals surface area contributed by atoms with Gasteiger partial charge in [0, 0.05) is 9.75 Å². The second kappa shape index (κ2) is 6.14. The van der Waals surface area contributed by atoms with Crippen molar-refractivity contribution in [3.63, 3.8) is 0 Å². The maximum atomic E-state index is 3.59. The average molecular weight is 330 g/mol. The first-order valence-electron chi connectivity index (χ1n) is 5.81. The fourth-order valence-corrected chi connectivity index (χ4v) is 4.58. The highest BCUT2D eigenvalue weighted by atomic mass is 79.9. The van der Waals surface area contributed by atoms with Crippen molar-refractivity contribution in [2.45, 2.75) is 26.3 Å². The summed E-state index contributed by atoms with van der Waals surface area (Å²) in [6.45, 7) is 5.37. The monoisotopic (exact) mass is 329 g/mol. The van der Waals surface area contributed by atoms with Gasteiger partial charge in [0.2, 0.25) is 0 Å². The van der Waals surface area contributed by atoms with Crippen LogP contribution in [0.25, 0.3) is 0 Å². The highest BCUT2D eigenvalue weighted by molar-refractivity contribution is 9.11. The lowest BCUT2D eigenvalue weighted by atomic mass is 10.1. The van der Waals surface area contributed by atoms with Gasteiger partial charge in [-0.05, 0) is 58.0 Å². The Labute approximate surface area is 119 Å². The third-order valence-electron chi connectivity index (χ3n) is 2.71. The first kappa shape index (κ1) is 13.3. The number of aryl methyl sites for hydroxylation is 1. The molecule has 1 atom stereocenters. The van der Waals surface area contributed by atoms with E-state index >= 15 is 0 Å². The van der Waals surface area contributed by atoms with Crippen LogP contribution in [-0.2, 0) is 6.42 Å². The van der Waals surface area contributed by atoms with E-state index in [2.05, 4.69) is 58.7 Å². The van der Waals surface area contributed by atoms with Crippen LogP contribution in [0.15, 0.2) is 27.4 Å². The van der Waals surface area contributed by atoms with Crippen LogP contribution < -0.4 is 5.32 Å². The molecule has 0 bridgehead atoms. The van der Waals surface area contributed by atoms with Gasteiger partial charge in [0.25, 0.3) is 0 Å². The molecule has 2 aromatic heterocycles. The summed E-state index contributed by atoms with van der Waals surface area (Å²) in [4.78, 5) is 2.85. The predicted molar refractivity (Wildman–Crippen MR) is 81.2 cm³/mol. The largest absolute Gasteiger partial charge is 0.305 e. The molecule has 0 aliphatic rings. The fourth-order valence-electron chi connectivity index (χ4n) is 1.90. The number of halogens is 1. The van der Waals surface area contributed by atoms with Crippen molar-refractivity contribution in [1.82, 2.24) is 5.32 Å². The van der Waals surface area contributed by atoms with Crippen LogP contribution in [0, 0.1) is 0 Å². The minimum absolute atomic E-state index is 0.353.